The Hall–Kier alpha value is -3.97. The Labute approximate surface area is 199 Å². The van der Waals surface area contributed by atoms with E-state index in [2.05, 4.69) is 22.0 Å². The van der Waals surface area contributed by atoms with E-state index in [0.717, 1.165) is 36.6 Å². The summed E-state index contributed by atoms with van der Waals surface area (Å²) in [7, 11) is 1.68. The van der Waals surface area contributed by atoms with Crippen LogP contribution in [0, 0.1) is 0 Å². The summed E-state index contributed by atoms with van der Waals surface area (Å²) in [5.74, 6) is 0.866. The number of para-hydroxylation sites is 1. The average molecular weight is 454 g/mol. The predicted molar refractivity (Wildman–Crippen MR) is 131 cm³/mol. The van der Waals surface area contributed by atoms with Gasteiger partial charge in [-0.05, 0) is 42.0 Å². The molecule has 7 nitrogen and oxygen atoms in total. The number of rotatable bonds is 6. The molecule has 3 heterocycles. The molecule has 4 aromatic rings. The topological polar surface area (TPSA) is 63.5 Å². The first kappa shape index (κ1) is 21.9. The number of carbonyl (C=O) groups is 1. The third-order valence-corrected chi connectivity index (χ3v) is 6.13. The maximum absolute atomic E-state index is 13.6. The average Bonchev–Trinajstić information content (AvgIpc) is 3.36. The van der Waals surface area contributed by atoms with Crippen LogP contribution in [0.3, 0.4) is 0 Å². The van der Waals surface area contributed by atoms with E-state index < -0.39 is 0 Å². The van der Waals surface area contributed by atoms with Gasteiger partial charge in [0, 0.05) is 56.9 Å². The normalized spacial score (nSPS) is 14.2. The highest BCUT2D eigenvalue weighted by Gasteiger charge is 2.26. The number of carbonyl (C=O) groups excluding carboxylic acids is 1. The quantitative estimate of drug-likeness (QED) is 0.443. The van der Waals surface area contributed by atoms with Crippen molar-refractivity contribution in [2.75, 3.05) is 33.3 Å². The number of pyridine rings is 1. The second-order valence-electron chi connectivity index (χ2n) is 8.33. The van der Waals surface area contributed by atoms with Crippen LogP contribution in [0.2, 0.25) is 0 Å². The van der Waals surface area contributed by atoms with Gasteiger partial charge in [-0.15, -0.1) is 0 Å². The largest absolute Gasteiger partial charge is 0.497 e. The molecule has 2 aromatic heterocycles. The first-order valence-corrected chi connectivity index (χ1v) is 11.4. The fraction of sp³-hybridized carbons (Fsp3) is 0.222. The molecule has 2 aromatic carbocycles. The van der Waals surface area contributed by atoms with E-state index in [1.165, 1.54) is 5.56 Å². The van der Waals surface area contributed by atoms with Gasteiger partial charge in [-0.3, -0.25) is 14.7 Å². The van der Waals surface area contributed by atoms with Crippen molar-refractivity contribution in [3.05, 3.63) is 96.4 Å². The molecule has 0 atom stereocenters. The molecule has 1 amide bonds. The van der Waals surface area contributed by atoms with Crippen LogP contribution in [0.4, 0.5) is 0 Å². The molecule has 0 N–H and O–H groups in total. The molecular formula is C27H27N5O2. The van der Waals surface area contributed by atoms with Crippen molar-refractivity contribution >= 4 is 5.91 Å². The highest BCUT2D eigenvalue weighted by Crippen LogP contribution is 2.25. The number of methoxy groups -OCH3 is 1. The Morgan fingerprint density at radius 1 is 0.941 bits per heavy atom. The highest BCUT2D eigenvalue weighted by atomic mass is 16.5. The standard InChI is InChI=1S/C27H27N5O2/c1-34-24-11-9-21(10-12-24)19-30-14-16-31(17-15-30)27(33)25-20-32(23-7-3-2-4-8-23)29-26(25)22-6-5-13-28-18-22/h2-13,18,20H,14-17,19H2,1H3. The van der Waals surface area contributed by atoms with Crippen molar-refractivity contribution in [2.24, 2.45) is 0 Å². The molecule has 0 aliphatic carbocycles. The number of benzene rings is 2. The molecular weight excluding hydrogens is 426 g/mol. The lowest BCUT2D eigenvalue weighted by Crippen LogP contribution is -2.48. The van der Waals surface area contributed by atoms with Crippen LogP contribution < -0.4 is 4.74 Å². The molecule has 1 aliphatic heterocycles. The van der Waals surface area contributed by atoms with E-state index in [1.807, 2.05) is 65.7 Å². The second kappa shape index (κ2) is 9.89. The van der Waals surface area contributed by atoms with E-state index in [0.29, 0.717) is 24.3 Å². The minimum absolute atomic E-state index is 0.00475. The van der Waals surface area contributed by atoms with Gasteiger partial charge in [-0.2, -0.15) is 5.10 Å². The molecule has 1 fully saturated rings. The monoisotopic (exact) mass is 453 g/mol. The van der Waals surface area contributed by atoms with Crippen molar-refractivity contribution in [3.8, 4) is 22.7 Å². The summed E-state index contributed by atoms with van der Waals surface area (Å²) in [5, 5.41) is 4.76. The Morgan fingerprint density at radius 2 is 1.71 bits per heavy atom. The summed E-state index contributed by atoms with van der Waals surface area (Å²) >= 11 is 0. The van der Waals surface area contributed by atoms with E-state index in [1.54, 1.807) is 24.2 Å². The number of hydrogen-bond donors (Lipinski definition) is 0. The fourth-order valence-electron chi connectivity index (χ4n) is 4.23. The number of aromatic nitrogens is 3. The Kier molecular flexibility index (Phi) is 6.35. The summed E-state index contributed by atoms with van der Waals surface area (Å²) in [6.07, 6.45) is 5.31. The van der Waals surface area contributed by atoms with Crippen molar-refractivity contribution in [2.45, 2.75) is 6.54 Å². The zero-order chi connectivity index (χ0) is 23.3. The number of amides is 1. The SMILES string of the molecule is COc1ccc(CN2CCN(C(=O)c3cn(-c4ccccc4)nc3-c3cccnc3)CC2)cc1. The van der Waals surface area contributed by atoms with Crippen LogP contribution in [0.5, 0.6) is 5.75 Å². The number of ether oxygens (including phenoxy) is 1. The summed E-state index contributed by atoms with van der Waals surface area (Å²) in [4.78, 5) is 22.1. The molecule has 7 heteroatoms. The maximum atomic E-state index is 13.6. The van der Waals surface area contributed by atoms with Crippen LogP contribution in [0.15, 0.2) is 85.3 Å². The Morgan fingerprint density at radius 3 is 2.38 bits per heavy atom. The zero-order valence-corrected chi connectivity index (χ0v) is 19.2. The van der Waals surface area contributed by atoms with Gasteiger partial charge in [0.1, 0.15) is 11.4 Å². The third kappa shape index (κ3) is 4.70. The minimum atomic E-state index is 0.00475. The van der Waals surface area contributed by atoms with Crippen molar-refractivity contribution < 1.29 is 9.53 Å². The van der Waals surface area contributed by atoms with E-state index in [-0.39, 0.29) is 5.91 Å². The van der Waals surface area contributed by atoms with Gasteiger partial charge >= 0.3 is 0 Å². The van der Waals surface area contributed by atoms with Crippen LogP contribution in [-0.2, 0) is 6.54 Å². The lowest BCUT2D eigenvalue weighted by atomic mass is 10.1. The lowest BCUT2D eigenvalue weighted by Gasteiger charge is -2.34. The smallest absolute Gasteiger partial charge is 0.257 e. The molecule has 1 aliphatic rings. The fourth-order valence-corrected chi connectivity index (χ4v) is 4.23. The summed E-state index contributed by atoms with van der Waals surface area (Å²) < 4.78 is 7.02. The van der Waals surface area contributed by atoms with Crippen molar-refractivity contribution in [3.63, 3.8) is 0 Å². The number of hydrogen-bond acceptors (Lipinski definition) is 5. The van der Waals surface area contributed by atoms with Gasteiger partial charge in [0.05, 0.1) is 18.4 Å². The zero-order valence-electron chi connectivity index (χ0n) is 19.2. The molecule has 34 heavy (non-hydrogen) atoms. The van der Waals surface area contributed by atoms with Crippen LogP contribution in [0.25, 0.3) is 16.9 Å². The molecule has 0 bridgehead atoms. The summed E-state index contributed by atoms with van der Waals surface area (Å²) in [5.41, 5.74) is 4.24. The molecule has 5 rings (SSSR count). The lowest BCUT2D eigenvalue weighted by molar-refractivity contribution is 0.0629. The highest BCUT2D eigenvalue weighted by molar-refractivity contribution is 6.00. The van der Waals surface area contributed by atoms with Crippen molar-refractivity contribution in [1.29, 1.82) is 0 Å². The third-order valence-electron chi connectivity index (χ3n) is 6.13. The molecule has 0 saturated carbocycles. The number of nitrogens with zero attached hydrogens (tertiary/aromatic N) is 5. The Balaban J connectivity index is 1.32. The minimum Gasteiger partial charge on any atom is -0.497 e. The van der Waals surface area contributed by atoms with E-state index in [9.17, 15) is 4.79 Å². The van der Waals surface area contributed by atoms with Gasteiger partial charge in [0.2, 0.25) is 0 Å². The molecule has 172 valence electrons. The molecule has 0 unspecified atom stereocenters. The van der Waals surface area contributed by atoms with Gasteiger partial charge in [-0.25, -0.2) is 4.68 Å². The van der Waals surface area contributed by atoms with Gasteiger partial charge in [0.15, 0.2) is 0 Å². The van der Waals surface area contributed by atoms with E-state index in [4.69, 9.17) is 9.84 Å². The van der Waals surface area contributed by atoms with Crippen LogP contribution in [0.1, 0.15) is 15.9 Å². The van der Waals surface area contributed by atoms with Crippen LogP contribution in [-0.4, -0.2) is 63.8 Å². The van der Waals surface area contributed by atoms with Crippen molar-refractivity contribution in [1.82, 2.24) is 24.6 Å². The second-order valence-corrected chi connectivity index (χ2v) is 8.33. The summed E-state index contributed by atoms with van der Waals surface area (Å²) in [6, 6.07) is 21.8. The van der Waals surface area contributed by atoms with Crippen LogP contribution >= 0.6 is 0 Å². The van der Waals surface area contributed by atoms with Gasteiger partial charge < -0.3 is 9.64 Å². The number of piperazine rings is 1. The molecule has 0 radical (unpaired) electrons. The first-order valence-electron chi connectivity index (χ1n) is 11.4. The maximum Gasteiger partial charge on any atom is 0.257 e. The first-order chi connectivity index (χ1) is 16.7. The molecule has 0 spiro atoms. The summed E-state index contributed by atoms with van der Waals surface area (Å²) in [6.45, 7) is 3.87. The van der Waals surface area contributed by atoms with Gasteiger partial charge in [0.25, 0.3) is 5.91 Å². The Bertz CT molecular complexity index is 1230. The van der Waals surface area contributed by atoms with E-state index >= 15 is 0 Å². The van der Waals surface area contributed by atoms with Gasteiger partial charge in [-0.1, -0.05) is 30.3 Å². The predicted octanol–water partition coefficient (Wildman–Crippen LogP) is 3.90. The molecule has 1 saturated heterocycles.